The van der Waals surface area contributed by atoms with E-state index >= 15 is 0 Å². The minimum absolute atomic E-state index is 0.0285. The van der Waals surface area contributed by atoms with Crippen LogP contribution in [0.4, 0.5) is 0 Å². The third kappa shape index (κ3) is 12.6. The number of hydrogen-bond acceptors (Lipinski definition) is 8. The highest BCUT2D eigenvalue weighted by molar-refractivity contribution is 8.14. The molecule has 3 fully saturated rings. The highest BCUT2D eigenvalue weighted by Crippen LogP contribution is 2.46. The standard InChI is InChI=1S/C35H58O7S/c1-6-7-22-35(3,4)31(42-34-19-13-15-24-40-34)21-20-27-28(16-10-8-9-11-17-32(37)38-5)30(43-26(2)36)25-29(27)41-33-18-12-14-23-39-33/h8,10,20-21,27-31,33-34H,6-7,9,11-19,22-25H2,1-5H3/b10-8-,21-20+/t27-,28-,29-,30+,31-,33?,34?/m1/s1. The summed E-state index contributed by atoms with van der Waals surface area (Å²) < 4.78 is 30.2. The lowest BCUT2D eigenvalue weighted by molar-refractivity contribution is -0.198. The number of rotatable bonds is 17. The lowest BCUT2D eigenvalue weighted by Gasteiger charge is -2.37. The van der Waals surface area contributed by atoms with Crippen LogP contribution in [0.5, 0.6) is 0 Å². The Morgan fingerprint density at radius 1 is 1.02 bits per heavy atom. The number of hydrogen-bond donors (Lipinski definition) is 0. The molecule has 2 heterocycles. The van der Waals surface area contributed by atoms with Crippen LogP contribution in [-0.4, -0.2) is 61.4 Å². The maximum Gasteiger partial charge on any atom is 0.305 e. The molecule has 8 heteroatoms. The lowest BCUT2D eigenvalue weighted by atomic mass is 9.80. The molecular formula is C35H58O7S. The molecule has 3 rings (SSSR count). The van der Waals surface area contributed by atoms with Gasteiger partial charge < -0.3 is 23.7 Å². The van der Waals surface area contributed by atoms with Crippen molar-refractivity contribution in [3.05, 3.63) is 24.3 Å². The van der Waals surface area contributed by atoms with Crippen molar-refractivity contribution in [1.29, 1.82) is 0 Å². The van der Waals surface area contributed by atoms with E-state index in [4.69, 9.17) is 23.7 Å². The first kappa shape index (κ1) is 36.3. The maximum atomic E-state index is 12.4. The molecular weight excluding hydrogens is 564 g/mol. The fraction of sp³-hybridized carbons (Fsp3) is 0.829. The first-order valence-corrected chi connectivity index (χ1v) is 17.7. The molecule has 3 aliphatic rings. The number of allylic oxidation sites excluding steroid dienone is 2. The molecule has 0 radical (unpaired) electrons. The largest absolute Gasteiger partial charge is 0.469 e. The monoisotopic (exact) mass is 622 g/mol. The Balaban J connectivity index is 1.83. The van der Waals surface area contributed by atoms with E-state index in [1.54, 1.807) is 6.92 Å². The van der Waals surface area contributed by atoms with Crippen molar-refractivity contribution in [2.24, 2.45) is 17.3 Å². The van der Waals surface area contributed by atoms with Crippen LogP contribution in [0.3, 0.4) is 0 Å². The van der Waals surface area contributed by atoms with Gasteiger partial charge in [0.1, 0.15) is 0 Å². The van der Waals surface area contributed by atoms with Crippen molar-refractivity contribution in [3.63, 3.8) is 0 Å². The molecule has 2 saturated heterocycles. The molecule has 2 unspecified atom stereocenters. The van der Waals surface area contributed by atoms with E-state index in [1.807, 2.05) is 0 Å². The van der Waals surface area contributed by atoms with Gasteiger partial charge in [-0.15, -0.1) is 0 Å². The van der Waals surface area contributed by atoms with Crippen LogP contribution in [0.15, 0.2) is 24.3 Å². The summed E-state index contributed by atoms with van der Waals surface area (Å²) in [6, 6.07) is 0. The summed E-state index contributed by atoms with van der Waals surface area (Å²) in [5, 5.41) is 0.306. The van der Waals surface area contributed by atoms with Crippen molar-refractivity contribution in [3.8, 4) is 0 Å². The molecule has 0 N–H and O–H groups in total. The average Bonchev–Trinajstić information content (AvgIpc) is 3.30. The number of thioether (sulfide) groups is 1. The predicted molar refractivity (Wildman–Crippen MR) is 173 cm³/mol. The Morgan fingerprint density at radius 3 is 2.37 bits per heavy atom. The van der Waals surface area contributed by atoms with Gasteiger partial charge >= 0.3 is 5.97 Å². The molecule has 43 heavy (non-hydrogen) atoms. The fourth-order valence-corrected chi connectivity index (χ4v) is 7.66. The first-order chi connectivity index (χ1) is 20.7. The molecule has 246 valence electrons. The molecule has 0 aromatic rings. The average molecular weight is 623 g/mol. The Labute approximate surface area is 265 Å². The number of methoxy groups -OCH3 is 1. The molecule has 0 aromatic heterocycles. The van der Waals surface area contributed by atoms with E-state index in [1.165, 1.54) is 18.9 Å². The molecule has 0 aromatic carbocycles. The van der Waals surface area contributed by atoms with Crippen LogP contribution < -0.4 is 0 Å². The molecule has 0 spiro atoms. The summed E-state index contributed by atoms with van der Waals surface area (Å²) in [6.07, 6.45) is 21.9. The van der Waals surface area contributed by atoms with Gasteiger partial charge in [0.2, 0.25) is 0 Å². The van der Waals surface area contributed by atoms with Gasteiger partial charge in [-0.05, 0) is 82.0 Å². The van der Waals surface area contributed by atoms with Crippen molar-refractivity contribution in [2.45, 2.75) is 148 Å². The van der Waals surface area contributed by atoms with Crippen molar-refractivity contribution < 1.29 is 33.3 Å². The maximum absolute atomic E-state index is 12.4. The van der Waals surface area contributed by atoms with E-state index in [9.17, 15) is 9.59 Å². The molecule has 1 saturated carbocycles. The van der Waals surface area contributed by atoms with E-state index in [-0.39, 0.29) is 58.4 Å². The lowest BCUT2D eigenvalue weighted by Crippen LogP contribution is -2.37. The highest BCUT2D eigenvalue weighted by Gasteiger charge is 2.44. The van der Waals surface area contributed by atoms with Crippen LogP contribution in [0, 0.1) is 17.3 Å². The summed E-state index contributed by atoms with van der Waals surface area (Å²) in [4.78, 5) is 23.9. The Hall–Kier alpha value is -1.19. The van der Waals surface area contributed by atoms with Gasteiger partial charge in [-0.1, -0.05) is 69.7 Å². The minimum atomic E-state index is -0.186. The zero-order valence-corrected chi connectivity index (χ0v) is 28.2. The minimum Gasteiger partial charge on any atom is -0.469 e. The Bertz CT molecular complexity index is 875. The van der Waals surface area contributed by atoms with Gasteiger partial charge in [-0.25, -0.2) is 0 Å². The predicted octanol–water partition coefficient (Wildman–Crippen LogP) is 8.16. The third-order valence-corrected chi connectivity index (χ3v) is 10.3. The normalized spacial score (nSPS) is 29.3. The van der Waals surface area contributed by atoms with E-state index in [0.717, 1.165) is 96.7 Å². The number of carbonyl (C=O) groups is 2. The SMILES string of the molecule is CCCCC(C)(C)[C@@H](/C=C/[C@@H]1[C@@H](C/C=C\CCCC(=O)OC)[C@@H](SC(C)=O)C[C@H]1OC1CCCCO1)OC1CCCCO1. The molecule has 1 aliphatic carbocycles. The number of unbranched alkanes of at least 4 members (excludes halogenated alkanes) is 2. The summed E-state index contributed by atoms with van der Waals surface area (Å²) in [5.41, 5.74) is -0.0443. The first-order valence-electron chi connectivity index (χ1n) is 16.8. The van der Waals surface area contributed by atoms with Gasteiger partial charge in [-0.3, -0.25) is 9.59 Å². The van der Waals surface area contributed by atoms with E-state index in [2.05, 4.69) is 45.1 Å². The van der Waals surface area contributed by atoms with Gasteiger partial charge in [0.25, 0.3) is 0 Å². The zero-order valence-electron chi connectivity index (χ0n) is 27.4. The number of esters is 1. The van der Waals surface area contributed by atoms with Crippen LogP contribution in [-0.2, 0) is 33.3 Å². The summed E-state index contributed by atoms with van der Waals surface area (Å²) in [6.45, 7) is 10.0. The topological polar surface area (TPSA) is 80.3 Å². The summed E-state index contributed by atoms with van der Waals surface area (Å²) in [7, 11) is 1.43. The van der Waals surface area contributed by atoms with Crippen molar-refractivity contribution in [1.82, 2.24) is 0 Å². The van der Waals surface area contributed by atoms with E-state index < -0.39 is 0 Å². The smallest absolute Gasteiger partial charge is 0.305 e. The highest BCUT2D eigenvalue weighted by atomic mass is 32.2. The second-order valence-corrected chi connectivity index (χ2v) is 14.5. The number of ether oxygens (including phenoxy) is 5. The second-order valence-electron chi connectivity index (χ2n) is 13.1. The Kier molecular flexibility index (Phi) is 16.3. The Morgan fingerprint density at radius 2 is 1.74 bits per heavy atom. The molecule has 0 bridgehead atoms. The van der Waals surface area contributed by atoms with Crippen LogP contribution >= 0.6 is 11.8 Å². The molecule has 0 amide bonds. The fourth-order valence-electron chi connectivity index (χ4n) is 6.48. The summed E-state index contributed by atoms with van der Waals surface area (Å²) >= 11 is 1.45. The van der Waals surface area contributed by atoms with Crippen LogP contribution in [0.1, 0.15) is 118 Å². The molecule has 7 nitrogen and oxygen atoms in total. The van der Waals surface area contributed by atoms with E-state index in [0.29, 0.717) is 6.42 Å². The van der Waals surface area contributed by atoms with Gasteiger partial charge in [0, 0.05) is 37.7 Å². The molecule has 7 atom stereocenters. The summed E-state index contributed by atoms with van der Waals surface area (Å²) in [5.74, 6) is 0.192. The van der Waals surface area contributed by atoms with Crippen molar-refractivity contribution in [2.75, 3.05) is 20.3 Å². The second kappa shape index (κ2) is 19.4. The number of carbonyl (C=O) groups excluding carboxylic acids is 2. The van der Waals surface area contributed by atoms with Crippen LogP contribution in [0.2, 0.25) is 0 Å². The van der Waals surface area contributed by atoms with Crippen LogP contribution in [0.25, 0.3) is 0 Å². The van der Waals surface area contributed by atoms with Gasteiger partial charge in [-0.2, -0.15) is 0 Å². The third-order valence-electron chi connectivity index (χ3n) is 9.09. The van der Waals surface area contributed by atoms with Gasteiger partial charge in [0.05, 0.1) is 19.3 Å². The molecule has 2 aliphatic heterocycles. The zero-order chi connectivity index (χ0) is 31.1. The quantitative estimate of drug-likeness (QED) is 0.0913. The van der Waals surface area contributed by atoms with Crippen molar-refractivity contribution >= 4 is 22.8 Å². The van der Waals surface area contributed by atoms with Gasteiger partial charge in [0.15, 0.2) is 17.7 Å².